The summed E-state index contributed by atoms with van der Waals surface area (Å²) in [6, 6.07) is 18.9. The van der Waals surface area contributed by atoms with Crippen LogP contribution in [0.2, 0.25) is 0 Å². The Hall–Kier alpha value is -3.61. The van der Waals surface area contributed by atoms with Gasteiger partial charge in [-0.25, -0.2) is 18.7 Å². The molecule has 0 aliphatic carbocycles. The number of aromatic amines is 1. The average molecular weight is 390 g/mol. The van der Waals surface area contributed by atoms with Crippen molar-refractivity contribution in [2.45, 2.75) is 5.92 Å². The van der Waals surface area contributed by atoms with Gasteiger partial charge in [-0.3, -0.25) is 4.79 Å². The quantitative estimate of drug-likeness (QED) is 0.565. The zero-order valence-corrected chi connectivity index (χ0v) is 15.3. The van der Waals surface area contributed by atoms with E-state index in [9.17, 15) is 13.6 Å². The largest absolute Gasteiger partial charge is 0.339 e. The highest BCUT2D eigenvalue weighted by molar-refractivity contribution is 5.94. The summed E-state index contributed by atoms with van der Waals surface area (Å²) in [5, 5.41) is 0.919. The third-order valence-corrected chi connectivity index (χ3v) is 4.95. The number of nitrogens with one attached hydrogen (secondary N) is 1. The van der Waals surface area contributed by atoms with Gasteiger partial charge in [0.05, 0.1) is 18.8 Å². The summed E-state index contributed by atoms with van der Waals surface area (Å²) in [5.74, 6) is -3.28. The van der Waals surface area contributed by atoms with Crippen LogP contribution in [0.1, 0.15) is 10.5 Å². The molecule has 0 unspecified atom stereocenters. The molecular weight excluding hydrogens is 374 g/mol. The van der Waals surface area contributed by atoms with Gasteiger partial charge >= 0.3 is 0 Å². The highest BCUT2D eigenvalue weighted by Gasteiger charge is 2.46. The summed E-state index contributed by atoms with van der Waals surface area (Å²) in [6.07, 6.45) is 1.68. The first-order chi connectivity index (χ1) is 14.0. The molecule has 3 aromatic heterocycles. The average Bonchev–Trinajstić information content (AvgIpc) is 3.15. The van der Waals surface area contributed by atoms with Gasteiger partial charge in [-0.2, -0.15) is 0 Å². The highest BCUT2D eigenvalue weighted by Crippen LogP contribution is 2.29. The van der Waals surface area contributed by atoms with E-state index in [1.165, 1.54) is 6.07 Å². The normalized spacial score (nSPS) is 15.3. The number of aromatic nitrogens is 3. The Bertz CT molecular complexity index is 1210. The SMILES string of the molecule is O=C(c1cccc(-c2cnc3[nH]c(-c4ccccc4)cc3c2)n1)N1CC(F)(F)C1. The van der Waals surface area contributed by atoms with E-state index in [0.717, 1.165) is 32.8 Å². The Labute approximate surface area is 165 Å². The van der Waals surface area contributed by atoms with Crippen molar-refractivity contribution in [2.75, 3.05) is 13.1 Å². The monoisotopic (exact) mass is 390 g/mol. The Morgan fingerprint density at radius 3 is 2.55 bits per heavy atom. The molecule has 29 heavy (non-hydrogen) atoms. The van der Waals surface area contributed by atoms with Crippen molar-refractivity contribution in [1.29, 1.82) is 0 Å². The van der Waals surface area contributed by atoms with Crippen molar-refractivity contribution in [2.24, 2.45) is 0 Å². The lowest BCUT2D eigenvalue weighted by molar-refractivity contribution is -0.113. The van der Waals surface area contributed by atoms with Crippen molar-refractivity contribution < 1.29 is 13.6 Å². The molecule has 4 aromatic rings. The second kappa shape index (κ2) is 6.48. The first-order valence-electron chi connectivity index (χ1n) is 9.17. The van der Waals surface area contributed by atoms with Crippen LogP contribution >= 0.6 is 0 Å². The van der Waals surface area contributed by atoms with Gasteiger partial charge in [-0.1, -0.05) is 36.4 Å². The number of amides is 1. The number of nitrogens with zero attached hydrogens (tertiary/aromatic N) is 3. The summed E-state index contributed by atoms with van der Waals surface area (Å²) in [7, 11) is 0. The third kappa shape index (κ3) is 3.24. The minimum Gasteiger partial charge on any atom is -0.339 e. The number of hydrogen-bond donors (Lipinski definition) is 1. The van der Waals surface area contributed by atoms with E-state index in [-0.39, 0.29) is 5.69 Å². The Morgan fingerprint density at radius 2 is 1.79 bits per heavy atom. The number of carbonyl (C=O) groups excluding carboxylic acids is 1. The molecule has 1 aliphatic rings. The maximum Gasteiger partial charge on any atom is 0.282 e. The maximum absolute atomic E-state index is 13.1. The van der Waals surface area contributed by atoms with Gasteiger partial charge in [-0.15, -0.1) is 0 Å². The fourth-order valence-electron chi connectivity index (χ4n) is 3.46. The maximum atomic E-state index is 13.1. The summed E-state index contributed by atoms with van der Waals surface area (Å²) in [4.78, 5) is 25.6. The number of alkyl halides is 2. The molecule has 0 bridgehead atoms. The lowest BCUT2D eigenvalue weighted by atomic mass is 10.1. The van der Waals surface area contributed by atoms with Crippen LogP contribution in [0.5, 0.6) is 0 Å². The zero-order chi connectivity index (χ0) is 20.0. The molecule has 0 saturated carbocycles. The van der Waals surface area contributed by atoms with E-state index in [2.05, 4.69) is 15.0 Å². The molecule has 5 rings (SSSR count). The molecule has 7 heteroatoms. The molecular formula is C22H16F2N4O. The Kier molecular flexibility index (Phi) is 3.91. The molecule has 1 aromatic carbocycles. The second-order valence-corrected chi connectivity index (χ2v) is 7.14. The summed E-state index contributed by atoms with van der Waals surface area (Å²) >= 11 is 0. The van der Waals surface area contributed by atoms with Crippen molar-refractivity contribution in [3.05, 3.63) is 72.6 Å². The van der Waals surface area contributed by atoms with Gasteiger partial charge in [0, 0.05) is 22.8 Å². The van der Waals surface area contributed by atoms with Crippen molar-refractivity contribution in [1.82, 2.24) is 19.9 Å². The van der Waals surface area contributed by atoms with Crippen LogP contribution in [0.25, 0.3) is 33.5 Å². The van der Waals surface area contributed by atoms with E-state index >= 15 is 0 Å². The van der Waals surface area contributed by atoms with E-state index in [4.69, 9.17) is 0 Å². The Balaban J connectivity index is 1.46. The zero-order valence-electron chi connectivity index (χ0n) is 15.3. The topological polar surface area (TPSA) is 61.9 Å². The van der Waals surface area contributed by atoms with Gasteiger partial charge in [0.15, 0.2) is 0 Å². The number of fused-ring (bicyclic) bond motifs is 1. The van der Waals surface area contributed by atoms with Gasteiger partial charge in [0.25, 0.3) is 11.8 Å². The molecule has 1 amide bonds. The molecule has 1 saturated heterocycles. The summed E-state index contributed by atoms with van der Waals surface area (Å²) in [5.41, 5.74) is 4.24. The smallest absolute Gasteiger partial charge is 0.282 e. The lowest BCUT2D eigenvalue weighted by Gasteiger charge is -2.38. The van der Waals surface area contributed by atoms with Crippen LogP contribution in [0.15, 0.2) is 66.9 Å². The molecule has 4 heterocycles. The van der Waals surface area contributed by atoms with Crippen LogP contribution in [-0.4, -0.2) is 44.8 Å². The van der Waals surface area contributed by atoms with E-state index in [1.54, 1.807) is 18.3 Å². The van der Waals surface area contributed by atoms with Crippen LogP contribution in [0.4, 0.5) is 8.78 Å². The van der Waals surface area contributed by atoms with Gasteiger partial charge in [-0.05, 0) is 29.8 Å². The van der Waals surface area contributed by atoms with Gasteiger partial charge in [0.2, 0.25) is 0 Å². The van der Waals surface area contributed by atoms with E-state index < -0.39 is 24.9 Å². The van der Waals surface area contributed by atoms with E-state index in [1.807, 2.05) is 42.5 Å². The standard InChI is InChI=1S/C22H16F2N4O/c23-22(24)12-28(13-22)21(29)18-8-4-7-17(26-18)16-9-15-10-19(27-20(15)25-11-16)14-5-2-1-3-6-14/h1-11H,12-13H2,(H,25,27). The number of likely N-dealkylation sites (tertiary alicyclic amines) is 1. The first-order valence-corrected chi connectivity index (χ1v) is 9.17. The summed E-state index contributed by atoms with van der Waals surface area (Å²) in [6.45, 7) is -1.12. The fourth-order valence-corrected chi connectivity index (χ4v) is 3.46. The number of halogens is 2. The number of H-pyrrole nitrogens is 1. The molecule has 0 spiro atoms. The molecule has 1 N–H and O–H groups in total. The molecule has 1 fully saturated rings. The molecule has 0 atom stereocenters. The number of pyridine rings is 2. The van der Waals surface area contributed by atoms with E-state index in [0.29, 0.717) is 5.69 Å². The third-order valence-electron chi connectivity index (χ3n) is 4.95. The number of carbonyl (C=O) groups is 1. The van der Waals surface area contributed by atoms with Gasteiger partial charge < -0.3 is 9.88 Å². The minimum atomic E-state index is -2.80. The Morgan fingerprint density at radius 1 is 1.00 bits per heavy atom. The molecule has 1 aliphatic heterocycles. The predicted molar refractivity (Wildman–Crippen MR) is 106 cm³/mol. The molecule has 5 nitrogen and oxygen atoms in total. The number of rotatable bonds is 3. The van der Waals surface area contributed by atoms with Gasteiger partial charge in [0.1, 0.15) is 11.3 Å². The molecule has 144 valence electrons. The van der Waals surface area contributed by atoms with Crippen LogP contribution < -0.4 is 0 Å². The fraction of sp³-hybridized carbons (Fsp3) is 0.136. The van der Waals surface area contributed by atoms with Crippen LogP contribution in [0, 0.1) is 0 Å². The number of hydrogen-bond acceptors (Lipinski definition) is 3. The second-order valence-electron chi connectivity index (χ2n) is 7.14. The lowest BCUT2D eigenvalue weighted by Crippen LogP contribution is -2.58. The van der Waals surface area contributed by atoms with Crippen molar-refractivity contribution in [3.63, 3.8) is 0 Å². The van der Waals surface area contributed by atoms with Crippen molar-refractivity contribution >= 4 is 16.9 Å². The number of benzene rings is 1. The molecule has 0 radical (unpaired) electrons. The van der Waals surface area contributed by atoms with Crippen LogP contribution in [-0.2, 0) is 0 Å². The minimum absolute atomic E-state index is 0.150. The summed E-state index contributed by atoms with van der Waals surface area (Å²) < 4.78 is 26.1. The highest BCUT2D eigenvalue weighted by atomic mass is 19.3. The first kappa shape index (κ1) is 17.5. The van der Waals surface area contributed by atoms with Crippen LogP contribution in [0.3, 0.4) is 0 Å². The predicted octanol–water partition coefficient (Wildman–Crippen LogP) is 4.38. The van der Waals surface area contributed by atoms with Crippen molar-refractivity contribution in [3.8, 4) is 22.5 Å².